The Balaban J connectivity index is 1.97. The van der Waals surface area contributed by atoms with Crippen molar-refractivity contribution in [3.63, 3.8) is 0 Å². The third-order valence-corrected chi connectivity index (χ3v) is 2.92. The van der Waals surface area contributed by atoms with Gasteiger partial charge in [-0.1, -0.05) is 30.3 Å². The van der Waals surface area contributed by atoms with Crippen molar-refractivity contribution in [1.82, 2.24) is 0 Å². The molecule has 5 heteroatoms. The molecule has 0 aliphatic carbocycles. The molecule has 2 aromatic rings. The zero-order valence-corrected chi connectivity index (χ0v) is 11.7. The van der Waals surface area contributed by atoms with Crippen LogP contribution >= 0.6 is 0 Å². The summed E-state index contributed by atoms with van der Waals surface area (Å²) in [7, 11) is 0. The van der Waals surface area contributed by atoms with Crippen LogP contribution < -0.4 is 15.8 Å². The van der Waals surface area contributed by atoms with Crippen LogP contribution in [0.5, 0.6) is 5.75 Å². The second-order valence-electron chi connectivity index (χ2n) is 4.64. The summed E-state index contributed by atoms with van der Waals surface area (Å²) in [5, 5.41) is 2.46. The molecule has 1 amide bonds. The Morgan fingerprint density at radius 2 is 1.90 bits per heavy atom. The summed E-state index contributed by atoms with van der Waals surface area (Å²) in [5.41, 5.74) is 6.78. The zero-order valence-electron chi connectivity index (χ0n) is 11.7. The summed E-state index contributed by atoms with van der Waals surface area (Å²) in [5.74, 6) is -0.363. The van der Waals surface area contributed by atoms with Crippen molar-refractivity contribution < 1.29 is 13.9 Å². The standard InChI is InChI=1S/C16H17FN2O2/c1-11(18)12-6-2-5-9-15(12)21-10-16(20)19-14-8-4-3-7-13(14)17/h2-9,11H,10,18H2,1H3,(H,19,20)/t11-/m1/s1. The van der Waals surface area contributed by atoms with E-state index in [9.17, 15) is 9.18 Å². The highest BCUT2D eigenvalue weighted by atomic mass is 19.1. The quantitative estimate of drug-likeness (QED) is 0.889. The average molecular weight is 288 g/mol. The number of nitrogens with one attached hydrogen (secondary N) is 1. The highest BCUT2D eigenvalue weighted by molar-refractivity contribution is 5.91. The summed E-state index contributed by atoms with van der Waals surface area (Å²) >= 11 is 0. The van der Waals surface area contributed by atoms with Crippen LogP contribution in [0, 0.1) is 5.82 Å². The van der Waals surface area contributed by atoms with E-state index >= 15 is 0 Å². The minimum Gasteiger partial charge on any atom is -0.483 e. The van der Waals surface area contributed by atoms with E-state index in [0.29, 0.717) is 5.75 Å². The maximum absolute atomic E-state index is 13.4. The van der Waals surface area contributed by atoms with Crippen molar-refractivity contribution in [2.45, 2.75) is 13.0 Å². The number of carbonyl (C=O) groups excluding carboxylic acids is 1. The van der Waals surface area contributed by atoms with Gasteiger partial charge in [0.25, 0.3) is 5.91 Å². The predicted octanol–water partition coefficient (Wildman–Crippen LogP) is 2.86. The van der Waals surface area contributed by atoms with Crippen LogP contribution in [0.1, 0.15) is 18.5 Å². The summed E-state index contributed by atoms with van der Waals surface area (Å²) in [6.45, 7) is 1.62. The zero-order chi connectivity index (χ0) is 15.2. The Morgan fingerprint density at radius 3 is 2.62 bits per heavy atom. The predicted molar refractivity (Wildman–Crippen MR) is 79.6 cm³/mol. The molecule has 1 atom stereocenters. The van der Waals surface area contributed by atoms with Crippen LogP contribution in [0.15, 0.2) is 48.5 Å². The number of halogens is 1. The largest absolute Gasteiger partial charge is 0.483 e. The Hall–Kier alpha value is -2.40. The number of benzene rings is 2. The number of carbonyl (C=O) groups is 1. The lowest BCUT2D eigenvalue weighted by atomic mass is 10.1. The number of ether oxygens (including phenoxy) is 1. The average Bonchev–Trinajstić information content (AvgIpc) is 2.48. The molecule has 0 aliphatic heterocycles. The van der Waals surface area contributed by atoms with Crippen LogP contribution in [-0.2, 0) is 4.79 Å². The number of rotatable bonds is 5. The molecule has 110 valence electrons. The molecule has 2 aromatic carbocycles. The Labute approximate surface area is 122 Å². The van der Waals surface area contributed by atoms with Gasteiger partial charge in [-0.15, -0.1) is 0 Å². The number of hydrogen-bond acceptors (Lipinski definition) is 3. The lowest BCUT2D eigenvalue weighted by Crippen LogP contribution is -2.21. The van der Waals surface area contributed by atoms with Crippen LogP contribution in [0.3, 0.4) is 0 Å². The van der Waals surface area contributed by atoms with Gasteiger partial charge in [0.15, 0.2) is 6.61 Å². The minimum atomic E-state index is -0.484. The first-order valence-corrected chi connectivity index (χ1v) is 6.59. The van der Waals surface area contributed by atoms with Gasteiger partial charge in [-0.05, 0) is 25.1 Å². The van der Waals surface area contributed by atoms with Crippen molar-refractivity contribution in [2.75, 3.05) is 11.9 Å². The third-order valence-electron chi connectivity index (χ3n) is 2.92. The van der Waals surface area contributed by atoms with Crippen molar-refractivity contribution in [2.24, 2.45) is 5.73 Å². The van der Waals surface area contributed by atoms with Crippen molar-refractivity contribution in [3.05, 3.63) is 59.9 Å². The highest BCUT2D eigenvalue weighted by Crippen LogP contribution is 2.23. The van der Waals surface area contributed by atoms with Crippen LogP contribution in [0.2, 0.25) is 0 Å². The monoisotopic (exact) mass is 288 g/mol. The molecular formula is C16H17FN2O2. The van der Waals surface area contributed by atoms with Crippen molar-refractivity contribution >= 4 is 11.6 Å². The molecule has 0 aliphatic rings. The molecule has 0 spiro atoms. The van der Waals surface area contributed by atoms with Gasteiger partial charge in [0.2, 0.25) is 0 Å². The van der Waals surface area contributed by atoms with Gasteiger partial charge in [0, 0.05) is 11.6 Å². The van der Waals surface area contributed by atoms with Gasteiger partial charge in [0.05, 0.1) is 5.69 Å². The fourth-order valence-electron chi connectivity index (χ4n) is 1.88. The normalized spacial score (nSPS) is 11.8. The SMILES string of the molecule is C[C@@H](N)c1ccccc1OCC(=O)Nc1ccccc1F. The smallest absolute Gasteiger partial charge is 0.262 e. The summed E-state index contributed by atoms with van der Waals surface area (Å²) in [6, 6.07) is 13.0. The van der Waals surface area contributed by atoms with Gasteiger partial charge in [-0.3, -0.25) is 4.79 Å². The molecule has 0 fully saturated rings. The topological polar surface area (TPSA) is 64.3 Å². The fraction of sp³-hybridized carbons (Fsp3) is 0.188. The second kappa shape index (κ2) is 6.85. The van der Waals surface area contributed by atoms with Crippen molar-refractivity contribution in [1.29, 1.82) is 0 Å². The molecule has 0 heterocycles. The van der Waals surface area contributed by atoms with Crippen molar-refractivity contribution in [3.8, 4) is 5.75 Å². The molecular weight excluding hydrogens is 271 g/mol. The van der Waals surface area contributed by atoms with Gasteiger partial charge >= 0.3 is 0 Å². The first-order valence-electron chi connectivity index (χ1n) is 6.59. The number of amides is 1. The van der Waals surface area contributed by atoms with Gasteiger partial charge in [-0.2, -0.15) is 0 Å². The number of nitrogens with two attached hydrogens (primary N) is 1. The molecule has 0 saturated heterocycles. The van der Waals surface area contributed by atoms with E-state index < -0.39 is 11.7 Å². The molecule has 0 aromatic heterocycles. The molecule has 2 rings (SSSR count). The fourth-order valence-corrected chi connectivity index (χ4v) is 1.88. The van der Waals surface area contributed by atoms with E-state index in [1.165, 1.54) is 12.1 Å². The number of hydrogen-bond donors (Lipinski definition) is 2. The van der Waals surface area contributed by atoms with Crippen LogP contribution in [0.25, 0.3) is 0 Å². The first kappa shape index (κ1) is 15.0. The lowest BCUT2D eigenvalue weighted by molar-refractivity contribution is -0.118. The highest BCUT2D eigenvalue weighted by Gasteiger charge is 2.10. The molecule has 0 unspecified atom stereocenters. The Bertz CT molecular complexity index is 629. The number of para-hydroxylation sites is 2. The summed E-state index contributed by atoms with van der Waals surface area (Å²) in [4.78, 5) is 11.8. The maximum atomic E-state index is 13.4. The molecule has 4 nitrogen and oxygen atoms in total. The van der Waals surface area contributed by atoms with E-state index in [1.807, 2.05) is 19.1 Å². The molecule has 21 heavy (non-hydrogen) atoms. The van der Waals surface area contributed by atoms with E-state index in [4.69, 9.17) is 10.5 Å². The lowest BCUT2D eigenvalue weighted by Gasteiger charge is -2.13. The van der Waals surface area contributed by atoms with E-state index in [-0.39, 0.29) is 18.3 Å². The summed E-state index contributed by atoms with van der Waals surface area (Å²) < 4.78 is 18.9. The van der Waals surface area contributed by atoms with E-state index in [1.54, 1.807) is 24.3 Å². The van der Waals surface area contributed by atoms with Gasteiger partial charge in [-0.25, -0.2) is 4.39 Å². The first-order chi connectivity index (χ1) is 10.1. The molecule has 0 radical (unpaired) electrons. The number of anilines is 1. The van der Waals surface area contributed by atoms with Gasteiger partial charge < -0.3 is 15.8 Å². The maximum Gasteiger partial charge on any atom is 0.262 e. The molecule has 0 saturated carbocycles. The van der Waals surface area contributed by atoms with Crippen LogP contribution in [-0.4, -0.2) is 12.5 Å². The Morgan fingerprint density at radius 1 is 1.24 bits per heavy atom. The summed E-state index contributed by atoms with van der Waals surface area (Å²) in [6.07, 6.45) is 0. The van der Waals surface area contributed by atoms with E-state index in [0.717, 1.165) is 5.56 Å². The Kier molecular flexibility index (Phi) is 4.90. The van der Waals surface area contributed by atoms with E-state index in [2.05, 4.69) is 5.32 Å². The molecule has 0 bridgehead atoms. The second-order valence-corrected chi connectivity index (χ2v) is 4.64. The van der Waals surface area contributed by atoms with Crippen LogP contribution in [0.4, 0.5) is 10.1 Å². The molecule has 3 N–H and O–H groups in total. The minimum absolute atomic E-state index is 0.131. The van der Waals surface area contributed by atoms with Gasteiger partial charge in [0.1, 0.15) is 11.6 Å². The third kappa shape index (κ3) is 4.03.